The summed E-state index contributed by atoms with van der Waals surface area (Å²) in [6.07, 6.45) is 0. The quantitative estimate of drug-likeness (QED) is 0.428. The standard InChI is InChI=1S/C23H21ClN4O2/c1-14-21(15(2)30-27-14)17-8-9-19-18(12-17)22(26-23(24)25-19)28-10-11-29-13-20(28)16-6-4-3-5-7-16/h3-9,12,20H,10-11,13H2,1-2H3. The average molecular weight is 421 g/mol. The maximum Gasteiger partial charge on any atom is 0.224 e. The Morgan fingerprint density at radius 3 is 2.67 bits per heavy atom. The van der Waals surface area contributed by atoms with Gasteiger partial charge in [-0.3, -0.25) is 0 Å². The average Bonchev–Trinajstić information content (AvgIpc) is 3.11. The zero-order chi connectivity index (χ0) is 20.7. The number of morpholine rings is 1. The Morgan fingerprint density at radius 1 is 1.07 bits per heavy atom. The first-order valence-corrected chi connectivity index (χ1v) is 10.3. The van der Waals surface area contributed by atoms with Crippen LogP contribution in [0.5, 0.6) is 0 Å². The van der Waals surface area contributed by atoms with Crippen molar-refractivity contribution in [1.29, 1.82) is 0 Å². The first-order chi connectivity index (χ1) is 14.6. The first kappa shape index (κ1) is 19.0. The summed E-state index contributed by atoms with van der Waals surface area (Å²) in [4.78, 5) is 11.4. The van der Waals surface area contributed by atoms with Gasteiger partial charge < -0.3 is 14.2 Å². The molecule has 0 spiro atoms. The molecule has 0 radical (unpaired) electrons. The van der Waals surface area contributed by atoms with Crippen molar-refractivity contribution in [3.05, 3.63) is 70.8 Å². The highest BCUT2D eigenvalue weighted by Crippen LogP contribution is 2.36. The van der Waals surface area contributed by atoms with E-state index in [4.69, 9.17) is 20.9 Å². The Kier molecular flexibility index (Phi) is 4.89. The van der Waals surface area contributed by atoms with E-state index in [9.17, 15) is 0 Å². The molecule has 1 saturated heterocycles. The van der Waals surface area contributed by atoms with Gasteiger partial charge in [-0.1, -0.05) is 41.6 Å². The number of aryl methyl sites for hydroxylation is 2. The van der Waals surface area contributed by atoms with E-state index in [0.29, 0.717) is 13.2 Å². The number of benzene rings is 2. The highest BCUT2D eigenvalue weighted by Gasteiger charge is 2.28. The van der Waals surface area contributed by atoms with Crippen LogP contribution in [0.25, 0.3) is 22.0 Å². The van der Waals surface area contributed by atoms with Crippen LogP contribution in [0.15, 0.2) is 53.1 Å². The van der Waals surface area contributed by atoms with Crippen molar-refractivity contribution in [2.75, 3.05) is 24.7 Å². The summed E-state index contributed by atoms with van der Waals surface area (Å²) in [6, 6.07) is 16.5. The molecular weight excluding hydrogens is 400 g/mol. The maximum atomic E-state index is 6.32. The molecule has 4 aromatic rings. The number of halogens is 1. The van der Waals surface area contributed by atoms with E-state index in [0.717, 1.165) is 45.8 Å². The predicted octanol–water partition coefficient (Wildman–Crippen LogP) is 5.13. The summed E-state index contributed by atoms with van der Waals surface area (Å²) >= 11 is 6.32. The minimum atomic E-state index is 0.0526. The van der Waals surface area contributed by atoms with Crippen LogP contribution in [0.1, 0.15) is 23.1 Å². The Bertz CT molecular complexity index is 1190. The number of hydrogen-bond acceptors (Lipinski definition) is 6. The van der Waals surface area contributed by atoms with E-state index in [1.54, 1.807) is 0 Å². The molecule has 0 saturated carbocycles. The van der Waals surface area contributed by atoms with Gasteiger partial charge in [-0.15, -0.1) is 0 Å². The first-order valence-electron chi connectivity index (χ1n) is 9.91. The van der Waals surface area contributed by atoms with Gasteiger partial charge in [0.25, 0.3) is 0 Å². The molecule has 2 aromatic carbocycles. The normalized spacial score (nSPS) is 16.9. The summed E-state index contributed by atoms with van der Waals surface area (Å²) in [5, 5.41) is 5.28. The minimum absolute atomic E-state index is 0.0526. The molecule has 30 heavy (non-hydrogen) atoms. The Hall–Kier alpha value is -2.96. The second kappa shape index (κ2) is 7.70. The predicted molar refractivity (Wildman–Crippen MR) is 117 cm³/mol. The summed E-state index contributed by atoms with van der Waals surface area (Å²) in [7, 11) is 0. The van der Waals surface area contributed by atoms with Gasteiger partial charge in [-0.25, -0.2) is 4.98 Å². The highest BCUT2D eigenvalue weighted by atomic mass is 35.5. The van der Waals surface area contributed by atoms with Crippen LogP contribution in [0.2, 0.25) is 5.28 Å². The van der Waals surface area contributed by atoms with E-state index in [1.807, 2.05) is 44.2 Å². The monoisotopic (exact) mass is 420 g/mol. The zero-order valence-corrected chi connectivity index (χ0v) is 17.6. The summed E-state index contributed by atoms with van der Waals surface area (Å²) in [5.41, 5.74) is 4.87. The van der Waals surface area contributed by atoms with Crippen LogP contribution in [0, 0.1) is 13.8 Å². The topological polar surface area (TPSA) is 64.3 Å². The van der Waals surface area contributed by atoms with Crippen LogP contribution in [-0.4, -0.2) is 34.9 Å². The lowest BCUT2D eigenvalue weighted by molar-refractivity contribution is 0.0939. The highest BCUT2D eigenvalue weighted by molar-refractivity contribution is 6.28. The number of anilines is 1. The van der Waals surface area contributed by atoms with Crippen LogP contribution in [0.3, 0.4) is 0 Å². The molecule has 1 unspecified atom stereocenters. The Balaban J connectivity index is 1.68. The van der Waals surface area contributed by atoms with Crippen molar-refractivity contribution in [2.45, 2.75) is 19.9 Å². The van der Waals surface area contributed by atoms with Gasteiger partial charge in [0, 0.05) is 17.5 Å². The van der Waals surface area contributed by atoms with Crippen LogP contribution >= 0.6 is 11.6 Å². The molecule has 5 rings (SSSR count). The van der Waals surface area contributed by atoms with Gasteiger partial charge in [-0.2, -0.15) is 4.98 Å². The molecular formula is C23H21ClN4O2. The summed E-state index contributed by atoms with van der Waals surface area (Å²) in [5.74, 6) is 1.60. The largest absolute Gasteiger partial charge is 0.377 e. The second-order valence-corrected chi connectivity index (χ2v) is 7.78. The van der Waals surface area contributed by atoms with Crippen molar-refractivity contribution in [1.82, 2.24) is 15.1 Å². The van der Waals surface area contributed by atoms with Gasteiger partial charge in [-0.05, 0) is 48.7 Å². The maximum absolute atomic E-state index is 6.32. The van der Waals surface area contributed by atoms with Gasteiger partial charge in [0.15, 0.2) is 0 Å². The molecule has 6 nitrogen and oxygen atoms in total. The third-order valence-corrected chi connectivity index (χ3v) is 5.72. The van der Waals surface area contributed by atoms with Crippen molar-refractivity contribution in [2.24, 2.45) is 0 Å². The lowest BCUT2D eigenvalue weighted by Gasteiger charge is -2.37. The van der Waals surface area contributed by atoms with E-state index >= 15 is 0 Å². The zero-order valence-electron chi connectivity index (χ0n) is 16.8. The molecule has 152 valence electrons. The van der Waals surface area contributed by atoms with Gasteiger partial charge in [0.1, 0.15) is 11.6 Å². The molecule has 0 aliphatic carbocycles. The third kappa shape index (κ3) is 3.32. The number of aromatic nitrogens is 3. The molecule has 0 bridgehead atoms. The van der Waals surface area contributed by atoms with Crippen molar-refractivity contribution < 1.29 is 9.26 Å². The molecule has 7 heteroatoms. The van der Waals surface area contributed by atoms with Crippen LogP contribution in [0.4, 0.5) is 5.82 Å². The van der Waals surface area contributed by atoms with Crippen molar-refractivity contribution in [3.63, 3.8) is 0 Å². The van der Waals surface area contributed by atoms with Crippen LogP contribution in [-0.2, 0) is 4.74 Å². The van der Waals surface area contributed by atoms with Gasteiger partial charge >= 0.3 is 0 Å². The lowest BCUT2D eigenvalue weighted by atomic mass is 10.0. The molecule has 1 aliphatic rings. The lowest BCUT2D eigenvalue weighted by Crippen LogP contribution is -2.40. The van der Waals surface area contributed by atoms with E-state index in [-0.39, 0.29) is 11.3 Å². The number of rotatable bonds is 3. The van der Waals surface area contributed by atoms with E-state index in [1.165, 1.54) is 5.56 Å². The summed E-state index contributed by atoms with van der Waals surface area (Å²) < 4.78 is 11.2. The smallest absolute Gasteiger partial charge is 0.224 e. The van der Waals surface area contributed by atoms with Crippen molar-refractivity contribution in [3.8, 4) is 11.1 Å². The molecule has 3 heterocycles. The summed E-state index contributed by atoms with van der Waals surface area (Å²) in [6.45, 7) is 5.82. The fourth-order valence-corrected chi connectivity index (χ4v) is 4.33. The Labute approximate surface area is 179 Å². The molecule has 1 aliphatic heterocycles. The third-order valence-electron chi connectivity index (χ3n) is 5.56. The van der Waals surface area contributed by atoms with E-state index < -0.39 is 0 Å². The second-order valence-electron chi connectivity index (χ2n) is 7.44. The molecule has 2 aromatic heterocycles. The SMILES string of the molecule is Cc1noc(C)c1-c1ccc2nc(Cl)nc(N3CCOCC3c3ccccc3)c2c1. The van der Waals surface area contributed by atoms with Gasteiger partial charge in [0.05, 0.1) is 30.5 Å². The van der Waals surface area contributed by atoms with Gasteiger partial charge in [0.2, 0.25) is 5.28 Å². The molecule has 1 fully saturated rings. The number of hydrogen-bond donors (Lipinski definition) is 0. The fourth-order valence-electron chi connectivity index (χ4n) is 4.16. The fraction of sp³-hybridized carbons (Fsp3) is 0.261. The molecule has 0 N–H and O–H groups in total. The Morgan fingerprint density at radius 2 is 1.90 bits per heavy atom. The minimum Gasteiger partial charge on any atom is -0.377 e. The molecule has 0 amide bonds. The molecule has 1 atom stereocenters. The number of ether oxygens (including phenoxy) is 1. The number of nitrogens with zero attached hydrogens (tertiary/aromatic N) is 4. The van der Waals surface area contributed by atoms with E-state index in [2.05, 4.69) is 38.2 Å². The van der Waals surface area contributed by atoms with Crippen LogP contribution < -0.4 is 4.90 Å². The number of fused-ring (bicyclic) bond motifs is 1. The van der Waals surface area contributed by atoms with Crippen molar-refractivity contribution >= 4 is 28.3 Å².